The van der Waals surface area contributed by atoms with E-state index in [4.69, 9.17) is 11.6 Å². The summed E-state index contributed by atoms with van der Waals surface area (Å²) in [5.41, 5.74) is 2.84. The molecule has 0 bridgehead atoms. The molecule has 0 radical (unpaired) electrons. The van der Waals surface area contributed by atoms with Gasteiger partial charge in [-0.2, -0.15) is 0 Å². The second kappa shape index (κ2) is 6.68. The Labute approximate surface area is 173 Å². The molecule has 4 aromatic rings. The van der Waals surface area contributed by atoms with E-state index >= 15 is 0 Å². The predicted octanol–water partition coefficient (Wildman–Crippen LogP) is 5.39. The Morgan fingerprint density at radius 2 is 1.86 bits per heavy atom. The summed E-state index contributed by atoms with van der Waals surface area (Å²) in [7, 11) is 0. The van der Waals surface area contributed by atoms with Gasteiger partial charge in [0.1, 0.15) is 5.75 Å². The van der Waals surface area contributed by atoms with Gasteiger partial charge < -0.3 is 14.6 Å². The van der Waals surface area contributed by atoms with Crippen molar-refractivity contribution in [3.05, 3.63) is 78.5 Å². The number of nitrogens with zero attached hydrogens (tertiary/aromatic N) is 2. The minimum Gasteiger partial charge on any atom is -0.508 e. The third-order valence-corrected chi connectivity index (χ3v) is 6.12. The highest BCUT2D eigenvalue weighted by Gasteiger charge is 2.31. The summed E-state index contributed by atoms with van der Waals surface area (Å²) in [6.07, 6.45) is 3.38. The van der Waals surface area contributed by atoms with Crippen LogP contribution in [0.4, 0.5) is 0 Å². The van der Waals surface area contributed by atoms with E-state index < -0.39 is 0 Å². The van der Waals surface area contributed by atoms with Crippen LogP contribution in [0.3, 0.4) is 0 Å². The Morgan fingerprint density at radius 1 is 1.07 bits per heavy atom. The number of fused-ring (bicyclic) bond motifs is 2. The SMILES string of the molecule is C=CC(=O)N1CC(n2ccc3c(Cl)c(-c4cc(O)cc5ccccc45)ccc32)C1. The summed E-state index contributed by atoms with van der Waals surface area (Å²) < 4.78 is 2.18. The molecule has 4 nitrogen and oxygen atoms in total. The van der Waals surface area contributed by atoms with Crippen molar-refractivity contribution in [3.63, 3.8) is 0 Å². The third kappa shape index (κ3) is 2.79. The first-order chi connectivity index (χ1) is 14.1. The smallest absolute Gasteiger partial charge is 0.246 e. The first kappa shape index (κ1) is 17.8. The minimum absolute atomic E-state index is 0.0335. The number of phenols is 1. The molecule has 3 aromatic carbocycles. The number of likely N-dealkylation sites (tertiary alicyclic amines) is 1. The maximum absolute atomic E-state index is 11.7. The fourth-order valence-electron chi connectivity index (χ4n) is 4.19. The van der Waals surface area contributed by atoms with E-state index in [0.717, 1.165) is 32.8 Å². The first-order valence-electron chi connectivity index (χ1n) is 9.49. The standard InChI is InChI=1S/C24H19ClN2O2/c1-2-23(29)26-13-16(14-26)27-10-9-20-22(27)8-7-19(24(20)25)21-12-17(28)11-15-5-3-4-6-18(15)21/h2-12,16,28H,1,13-14H2. The van der Waals surface area contributed by atoms with E-state index in [1.54, 1.807) is 17.0 Å². The van der Waals surface area contributed by atoms with Crippen molar-refractivity contribution >= 4 is 39.2 Å². The lowest BCUT2D eigenvalue weighted by Gasteiger charge is -2.39. The molecule has 1 aromatic heterocycles. The third-order valence-electron chi connectivity index (χ3n) is 5.72. The Bertz CT molecular complexity index is 1290. The van der Waals surface area contributed by atoms with Crippen LogP contribution >= 0.6 is 11.6 Å². The van der Waals surface area contributed by atoms with Crippen molar-refractivity contribution in [2.75, 3.05) is 13.1 Å². The monoisotopic (exact) mass is 402 g/mol. The van der Waals surface area contributed by atoms with Crippen molar-refractivity contribution in [1.82, 2.24) is 9.47 Å². The van der Waals surface area contributed by atoms with E-state index in [1.165, 1.54) is 6.08 Å². The number of phenolic OH excluding ortho intramolecular Hbond substituents is 1. The highest BCUT2D eigenvalue weighted by Crippen LogP contribution is 2.40. The number of aromatic hydroxyl groups is 1. The molecular weight excluding hydrogens is 384 g/mol. The molecule has 2 heterocycles. The zero-order valence-electron chi connectivity index (χ0n) is 15.7. The number of carbonyl (C=O) groups is 1. The number of hydrogen-bond acceptors (Lipinski definition) is 2. The summed E-state index contributed by atoms with van der Waals surface area (Å²) in [5.74, 6) is 0.183. The fraction of sp³-hybridized carbons (Fsp3) is 0.125. The minimum atomic E-state index is -0.0335. The van der Waals surface area contributed by atoms with Crippen LogP contribution in [0.5, 0.6) is 5.75 Å². The van der Waals surface area contributed by atoms with Gasteiger partial charge in [0, 0.05) is 35.8 Å². The van der Waals surface area contributed by atoms with Crippen LogP contribution in [0.15, 0.2) is 73.4 Å². The molecule has 1 amide bonds. The summed E-state index contributed by atoms with van der Waals surface area (Å²) in [4.78, 5) is 13.5. The summed E-state index contributed by atoms with van der Waals surface area (Å²) >= 11 is 6.84. The fourth-order valence-corrected chi connectivity index (χ4v) is 4.51. The molecule has 1 N–H and O–H groups in total. The molecule has 1 aliphatic heterocycles. The highest BCUT2D eigenvalue weighted by molar-refractivity contribution is 6.38. The lowest BCUT2D eigenvalue weighted by Crippen LogP contribution is -2.49. The maximum atomic E-state index is 11.7. The molecule has 144 valence electrons. The van der Waals surface area contributed by atoms with Crippen LogP contribution in [0, 0.1) is 0 Å². The molecule has 0 unspecified atom stereocenters. The van der Waals surface area contributed by atoms with Crippen LogP contribution in [-0.4, -0.2) is 33.6 Å². The van der Waals surface area contributed by atoms with E-state index in [2.05, 4.69) is 17.2 Å². The largest absolute Gasteiger partial charge is 0.508 e. The van der Waals surface area contributed by atoms with Gasteiger partial charge in [-0.25, -0.2) is 0 Å². The van der Waals surface area contributed by atoms with Crippen LogP contribution < -0.4 is 0 Å². The second-order valence-corrected chi connectivity index (χ2v) is 7.78. The number of rotatable bonds is 3. The number of carbonyl (C=O) groups excluding carboxylic acids is 1. The Hall–Kier alpha value is -3.24. The van der Waals surface area contributed by atoms with Gasteiger partial charge in [0.2, 0.25) is 5.91 Å². The zero-order valence-corrected chi connectivity index (χ0v) is 16.4. The van der Waals surface area contributed by atoms with Gasteiger partial charge in [0.15, 0.2) is 0 Å². The Morgan fingerprint density at radius 3 is 2.66 bits per heavy atom. The normalized spacial score (nSPS) is 14.3. The number of benzene rings is 3. The number of aromatic nitrogens is 1. The van der Waals surface area contributed by atoms with Crippen LogP contribution in [0.2, 0.25) is 5.02 Å². The highest BCUT2D eigenvalue weighted by atomic mass is 35.5. The Kier molecular flexibility index (Phi) is 4.10. The molecule has 0 atom stereocenters. The molecule has 0 saturated carbocycles. The van der Waals surface area contributed by atoms with Gasteiger partial charge in [-0.3, -0.25) is 4.79 Å². The van der Waals surface area contributed by atoms with Crippen molar-refractivity contribution in [1.29, 1.82) is 0 Å². The molecule has 5 heteroatoms. The lowest BCUT2D eigenvalue weighted by molar-refractivity contribution is -0.131. The average molecular weight is 403 g/mol. The predicted molar refractivity (Wildman–Crippen MR) is 117 cm³/mol. The molecule has 5 rings (SSSR count). The van der Waals surface area contributed by atoms with Gasteiger partial charge >= 0.3 is 0 Å². The van der Waals surface area contributed by atoms with E-state index in [0.29, 0.717) is 18.1 Å². The van der Waals surface area contributed by atoms with E-state index in [1.807, 2.05) is 42.6 Å². The summed E-state index contributed by atoms with van der Waals surface area (Å²) in [5, 5.41) is 13.8. The van der Waals surface area contributed by atoms with Crippen molar-refractivity contribution in [2.45, 2.75) is 6.04 Å². The maximum Gasteiger partial charge on any atom is 0.246 e. The van der Waals surface area contributed by atoms with Gasteiger partial charge in [-0.15, -0.1) is 0 Å². The molecule has 29 heavy (non-hydrogen) atoms. The number of halogens is 1. The summed E-state index contributed by atoms with van der Waals surface area (Å²) in [6.45, 7) is 4.89. The van der Waals surface area contributed by atoms with Gasteiger partial charge in [0.05, 0.1) is 11.1 Å². The van der Waals surface area contributed by atoms with Crippen molar-refractivity contribution in [2.24, 2.45) is 0 Å². The van der Waals surface area contributed by atoms with Crippen LogP contribution in [0.25, 0.3) is 32.8 Å². The number of hydrogen-bond donors (Lipinski definition) is 1. The molecule has 1 fully saturated rings. The molecule has 0 aliphatic carbocycles. The Balaban J connectivity index is 1.58. The number of amides is 1. The molecule has 1 saturated heterocycles. The molecular formula is C24H19ClN2O2. The van der Waals surface area contributed by atoms with E-state index in [-0.39, 0.29) is 17.7 Å². The van der Waals surface area contributed by atoms with Crippen LogP contribution in [0.1, 0.15) is 6.04 Å². The van der Waals surface area contributed by atoms with Gasteiger partial charge in [-0.05, 0) is 46.7 Å². The lowest BCUT2D eigenvalue weighted by atomic mass is 9.97. The van der Waals surface area contributed by atoms with E-state index in [9.17, 15) is 9.90 Å². The molecule has 0 spiro atoms. The quantitative estimate of drug-likeness (QED) is 0.467. The van der Waals surface area contributed by atoms with Crippen LogP contribution in [-0.2, 0) is 4.79 Å². The summed E-state index contributed by atoms with van der Waals surface area (Å²) in [6, 6.07) is 17.8. The van der Waals surface area contributed by atoms with Crippen molar-refractivity contribution < 1.29 is 9.90 Å². The second-order valence-electron chi connectivity index (χ2n) is 7.40. The average Bonchev–Trinajstić information content (AvgIpc) is 3.11. The van der Waals surface area contributed by atoms with Gasteiger partial charge in [-0.1, -0.05) is 48.5 Å². The van der Waals surface area contributed by atoms with Crippen molar-refractivity contribution in [3.8, 4) is 16.9 Å². The zero-order chi connectivity index (χ0) is 20.1. The van der Waals surface area contributed by atoms with Gasteiger partial charge in [0.25, 0.3) is 0 Å². The molecule has 1 aliphatic rings. The topological polar surface area (TPSA) is 45.5 Å². The first-order valence-corrected chi connectivity index (χ1v) is 9.87.